The van der Waals surface area contributed by atoms with Crippen LogP contribution in [0.1, 0.15) is 47.5 Å². The summed E-state index contributed by atoms with van der Waals surface area (Å²) in [6, 6.07) is 0.693. The van der Waals surface area contributed by atoms with Gasteiger partial charge in [0.05, 0.1) is 0 Å². The SMILES string of the molecule is CCCC(C)(CNCC(C)C)CN1CCN(C)C(C)C1. The summed E-state index contributed by atoms with van der Waals surface area (Å²) in [5, 5.41) is 3.68. The minimum absolute atomic E-state index is 0.416. The summed E-state index contributed by atoms with van der Waals surface area (Å²) in [6.45, 7) is 18.9. The van der Waals surface area contributed by atoms with E-state index in [2.05, 4.69) is 56.8 Å². The lowest BCUT2D eigenvalue weighted by Gasteiger charge is -2.42. The van der Waals surface area contributed by atoms with Crippen molar-refractivity contribution in [1.29, 1.82) is 0 Å². The van der Waals surface area contributed by atoms with Crippen LogP contribution in [0.2, 0.25) is 0 Å². The van der Waals surface area contributed by atoms with E-state index >= 15 is 0 Å². The van der Waals surface area contributed by atoms with Gasteiger partial charge in [-0.25, -0.2) is 0 Å². The second kappa shape index (κ2) is 8.35. The standard InChI is InChI=1S/C17H37N3/c1-7-8-17(5,13-18-11-15(2)3)14-20-10-9-19(6)16(4)12-20/h15-16,18H,7-14H2,1-6H3. The molecule has 3 heteroatoms. The first-order chi connectivity index (χ1) is 9.36. The van der Waals surface area contributed by atoms with Crippen molar-refractivity contribution in [2.24, 2.45) is 11.3 Å². The van der Waals surface area contributed by atoms with Crippen LogP contribution >= 0.6 is 0 Å². The van der Waals surface area contributed by atoms with Crippen molar-refractivity contribution in [2.75, 3.05) is 46.3 Å². The highest BCUT2D eigenvalue weighted by Gasteiger charge is 2.29. The van der Waals surface area contributed by atoms with Gasteiger partial charge in [-0.15, -0.1) is 0 Å². The van der Waals surface area contributed by atoms with Crippen LogP contribution < -0.4 is 5.32 Å². The molecule has 0 aromatic carbocycles. The minimum Gasteiger partial charge on any atom is -0.316 e. The number of likely N-dealkylation sites (N-methyl/N-ethyl adjacent to an activating group) is 1. The van der Waals surface area contributed by atoms with Gasteiger partial charge in [-0.2, -0.15) is 0 Å². The summed E-state index contributed by atoms with van der Waals surface area (Å²) in [5.74, 6) is 0.740. The van der Waals surface area contributed by atoms with Gasteiger partial charge < -0.3 is 10.2 Å². The van der Waals surface area contributed by atoms with Crippen molar-refractivity contribution in [3.63, 3.8) is 0 Å². The average Bonchev–Trinajstić information content (AvgIpc) is 2.33. The van der Waals surface area contributed by atoms with Crippen molar-refractivity contribution < 1.29 is 0 Å². The Morgan fingerprint density at radius 3 is 2.55 bits per heavy atom. The lowest BCUT2D eigenvalue weighted by Crippen LogP contribution is -2.53. The topological polar surface area (TPSA) is 18.5 Å². The van der Waals surface area contributed by atoms with Crippen molar-refractivity contribution >= 4 is 0 Å². The van der Waals surface area contributed by atoms with E-state index in [0.29, 0.717) is 11.5 Å². The lowest BCUT2D eigenvalue weighted by atomic mass is 9.84. The Morgan fingerprint density at radius 1 is 1.30 bits per heavy atom. The molecule has 20 heavy (non-hydrogen) atoms. The van der Waals surface area contributed by atoms with E-state index in [-0.39, 0.29) is 0 Å². The predicted octanol–water partition coefficient (Wildman–Crippen LogP) is 2.67. The quantitative estimate of drug-likeness (QED) is 0.739. The number of hydrogen-bond acceptors (Lipinski definition) is 3. The molecule has 1 rings (SSSR count). The van der Waals surface area contributed by atoms with Crippen LogP contribution in [0.5, 0.6) is 0 Å². The van der Waals surface area contributed by atoms with E-state index < -0.39 is 0 Å². The molecule has 0 aliphatic carbocycles. The molecule has 1 aliphatic rings. The molecular weight excluding hydrogens is 246 g/mol. The third-order valence-electron chi connectivity index (χ3n) is 4.61. The van der Waals surface area contributed by atoms with Crippen LogP contribution in [0.4, 0.5) is 0 Å². The van der Waals surface area contributed by atoms with Crippen LogP contribution in [0.3, 0.4) is 0 Å². The summed E-state index contributed by atoms with van der Waals surface area (Å²) in [4.78, 5) is 5.15. The molecule has 2 atom stereocenters. The fraction of sp³-hybridized carbons (Fsp3) is 1.00. The molecule has 0 aromatic heterocycles. The fourth-order valence-corrected chi connectivity index (χ4v) is 3.30. The molecular formula is C17H37N3. The molecule has 120 valence electrons. The Morgan fingerprint density at radius 2 is 2.00 bits per heavy atom. The highest BCUT2D eigenvalue weighted by molar-refractivity contribution is 4.85. The molecule has 1 N–H and O–H groups in total. The molecule has 0 amide bonds. The van der Waals surface area contributed by atoms with Crippen LogP contribution in [-0.4, -0.2) is 62.2 Å². The number of hydrogen-bond donors (Lipinski definition) is 1. The van der Waals surface area contributed by atoms with E-state index in [1.54, 1.807) is 0 Å². The first kappa shape index (κ1) is 17.9. The van der Waals surface area contributed by atoms with Gasteiger partial charge in [0.1, 0.15) is 0 Å². The monoisotopic (exact) mass is 283 g/mol. The van der Waals surface area contributed by atoms with Gasteiger partial charge in [-0.05, 0) is 38.3 Å². The number of piperazine rings is 1. The summed E-state index contributed by atoms with van der Waals surface area (Å²) in [7, 11) is 2.25. The fourth-order valence-electron chi connectivity index (χ4n) is 3.30. The average molecular weight is 284 g/mol. The van der Waals surface area contributed by atoms with Crippen LogP contribution in [0, 0.1) is 11.3 Å². The van der Waals surface area contributed by atoms with Gasteiger partial charge in [-0.3, -0.25) is 4.90 Å². The van der Waals surface area contributed by atoms with E-state index in [4.69, 9.17) is 0 Å². The molecule has 0 spiro atoms. The van der Waals surface area contributed by atoms with Gasteiger partial charge in [0.2, 0.25) is 0 Å². The smallest absolute Gasteiger partial charge is 0.0192 e. The number of nitrogens with one attached hydrogen (secondary N) is 1. The molecule has 0 bridgehead atoms. The van der Waals surface area contributed by atoms with Crippen molar-refractivity contribution in [3.05, 3.63) is 0 Å². The number of rotatable bonds is 8. The van der Waals surface area contributed by atoms with Crippen LogP contribution in [-0.2, 0) is 0 Å². The molecule has 3 nitrogen and oxygen atoms in total. The van der Waals surface area contributed by atoms with Crippen LogP contribution in [0.15, 0.2) is 0 Å². The Kier molecular flexibility index (Phi) is 7.49. The largest absolute Gasteiger partial charge is 0.316 e. The van der Waals surface area contributed by atoms with E-state index in [1.165, 1.54) is 39.0 Å². The Labute approximate surface area is 127 Å². The highest BCUT2D eigenvalue weighted by Crippen LogP contribution is 2.25. The lowest BCUT2D eigenvalue weighted by molar-refractivity contribution is 0.0658. The van der Waals surface area contributed by atoms with E-state index in [1.807, 2.05) is 0 Å². The molecule has 0 saturated carbocycles. The van der Waals surface area contributed by atoms with Gasteiger partial charge in [0.15, 0.2) is 0 Å². The summed E-state index contributed by atoms with van der Waals surface area (Å²) in [5.41, 5.74) is 0.416. The zero-order chi connectivity index (χ0) is 15.2. The third-order valence-corrected chi connectivity index (χ3v) is 4.61. The molecule has 1 heterocycles. The van der Waals surface area contributed by atoms with E-state index in [0.717, 1.165) is 19.0 Å². The number of nitrogens with zero attached hydrogens (tertiary/aromatic N) is 2. The second-order valence-electron chi connectivity index (χ2n) is 7.65. The third kappa shape index (κ3) is 6.11. The first-order valence-electron chi connectivity index (χ1n) is 8.49. The van der Waals surface area contributed by atoms with E-state index in [9.17, 15) is 0 Å². The molecule has 0 aromatic rings. The maximum absolute atomic E-state index is 3.68. The molecule has 1 fully saturated rings. The normalized spacial score (nSPS) is 25.1. The Hall–Kier alpha value is -0.120. The second-order valence-corrected chi connectivity index (χ2v) is 7.65. The Balaban J connectivity index is 2.48. The molecule has 2 unspecified atom stereocenters. The minimum atomic E-state index is 0.416. The predicted molar refractivity (Wildman–Crippen MR) is 89.3 cm³/mol. The maximum Gasteiger partial charge on any atom is 0.0192 e. The highest BCUT2D eigenvalue weighted by atomic mass is 15.3. The summed E-state index contributed by atoms with van der Waals surface area (Å²) in [6.07, 6.45) is 2.60. The summed E-state index contributed by atoms with van der Waals surface area (Å²) >= 11 is 0. The first-order valence-corrected chi connectivity index (χ1v) is 8.49. The molecule has 1 aliphatic heterocycles. The maximum atomic E-state index is 3.68. The molecule has 0 radical (unpaired) electrons. The van der Waals surface area contributed by atoms with Gasteiger partial charge >= 0.3 is 0 Å². The van der Waals surface area contributed by atoms with Crippen molar-refractivity contribution in [1.82, 2.24) is 15.1 Å². The van der Waals surface area contributed by atoms with Crippen molar-refractivity contribution in [3.8, 4) is 0 Å². The zero-order valence-electron chi connectivity index (χ0n) is 14.7. The van der Waals surface area contributed by atoms with Crippen LogP contribution in [0.25, 0.3) is 0 Å². The van der Waals surface area contributed by atoms with Gasteiger partial charge in [-0.1, -0.05) is 34.1 Å². The van der Waals surface area contributed by atoms with Gasteiger partial charge in [0, 0.05) is 38.8 Å². The Bertz CT molecular complexity index is 267. The summed E-state index contributed by atoms with van der Waals surface area (Å²) < 4.78 is 0. The zero-order valence-corrected chi connectivity index (χ0v) is 14.7. The van der Waals surface area contributed by atoms with Crippen molar-refractivity contribution in [2.45, 2.75) is 53.5 Å². The van der Waals surface area contributed by atoms with Gasteiger partial charge in [0.25, 0.3) is 0 Å². The molecule has 1 saturated heterocycles.